The van der Waals surface area contributed by atoms with Crippen molar-refractivity contribution >= 4 is 34.7 Å². The van der Waals surface area contributed by atoms with Crippen molar-refractivity contribution in [2.24, 2.45) is 5.10 Å². The predicted octanol–water partition coefficient (Wildman–Crippen LogP) is 5.65. The van der Waals surface area contributed by atoms with Crippen LogP contribution in [0.3, 0.4) is 0 Å². The largest absolute Gasteiger partial charge is 0.488 e. The minimum atomic E-state index is -4.52. The van der Waals surface area contributed by atoms with Crippen molar-refractivity contribution in [3.05, 3.63) is 98.6 Å². The van der Waals surface area contributed by atoms with Gasteiger partial charge in [0.2, 0.25) is 0 Å². The minimum Gasteiger partial charge on any atom is -0.488 e. The first-order valence-corrected chi connectivity index (χ1v) is 9.88. The van der Waals surface area contributed by atoms with Crippen LogP contribution in [0, 0.1) is 3.57 Å². The SMILES string of the molecule is O=C(N/N=C\c1ccccc1OCc1ccc(I)cc1)c1cccc(C(F)(F)F)c1. The highest BCUT2D eigenvalue weighted by Crippen LogP contribution is 2.29. The average Bonchev–Trinajstić information content (AvgIpc) is 2.73. The van der Waals surface area contributed by atoms with Crippen LogP contribution in [0.4, 0.5) is 13.2 Å². The number of nitrogens with one attached hydrogen (secondary N) is 1. The number of hydrogen-bond acceptors (Lipinski definition) is 3. The Morgan fingerprint density at radius 3 is 2.50 bits per heavy atom. The van der Waals surface area contributed by atoms with E-state index in [1.54, 1.807) is 18.2 Å². The Labute approximate surface area is 184 Å². The molecule has 0 atom stereocenters. The number of rotatable bonds is 6. The highest BCUT2D eigenvalue weighted by atomic mass is 127. The van der Waals surface area contributed by atoms with Crippen LogP contribution in [-0.4, -0.2) is 12.1 Å². The molecule has 3 rings (SSSR count). The molecule has 0 spiro atoms. The number of amides is 1. The summed E-state index contributed by atoms with van der Waals surface area (Å²) in [6.45, 7) is 0.359. The van der Waals surface area contributed by atoms with Crippen molar-refractivity contribution in [2.75, 3.05) is 0 Å². The molecule has 0 aliphatic carbocycles. The molecule has 0 bridgehead atoms. The molecule has 1 amide bonds. The van der Waals surface area contributed by atoms with Gasteiger partial charge in [-0.15, -0.1) is 0 Å². The predicted molar refractivity (Wildman–Crippen MR) is 116 cm³/mol. The first-order valence-electron chi connectivity index (χ1n) is 8.80. The third-order valence-corrected chi connectivity index (χ3v) is 4.77. The van der Waals surface area contributed by atoms with Gasteiger partial charge < -0.3 is 4.74 Å². The number of hydrogen-bond donors (Lipinski definition) is 1. The maximum atomic E-state index is 12.8. The van der Waals surface area contributed by atoms with Crippen molar-refractivity contribution in [1.29, 1.82) is 0 Å². The molecular formula is C22H16F3IN2O2. The van der Waals surface area contributed by atoms with E-state index in [-0.39, 0.29) is 5.56 Å². The Morgan fingerprint density at radius 1 is 1.03 bits per heavy atom. The molecule has 3 aromatic carbocycles. The maximum Gasteiger partial charge on any atom is 0.416 e. The summed E-state index contributed by atoms with van der Waals surface area (Å²) in [7, 11) is 0. The lowest BCUT2D eigenvalue weighted by Crippen LogP contribution is -2.18. The molecular weight excluding hydrogens is 508 g/mol. The van der Waals surface area contributed by atoms with Crippen molar-refractivity contribution in [2.45, 2.75) is 12.8 Å². The van der Waals surface area contributed by atoms with E-state index in [0.717, 1.165) is 21.3 Å². The normalized spacial score (nSPS) is 11.5. The van der Waals surface area contributed by atoms with Crippen molar-refractivity contribution in [1.82, 2.24) is 5.43 Å². The number of ether oxygens (including phenoxy) is 1. The molecule has 0 saturated carbocycles. The number of hydrazone groups is 1. The minimum absolute atomic E-state index is 0.134. The van der Waals surface area contributed by atoms with Crippen LogP contribution in [-0.2, 0) is 12.8 Å². The van der Waals surface area contributed by atoms with Gasteiger partial charge in [-0.05, 0) is 70.6 Å². The van der Waals surface area contributed by atoms with Gasteiger partial charge in [0.25, 0.3) is 5.91 Å². The maximum absolute atomic E-state index is 12.8. The number of carbonyl (C=O) groups is 1. The highest BCUT2D eigenvalue weighted by Gasteiger charge is 2.30. The van der Waals surface area contributed by atoms with Gasteiger partial charge in [0.15, 0.2) is 0 Å². The monoisotopic (exact) mass is 524 g/mol. The number of para-hydroxylation sites is 1. The summed E-state index contributed by atoms with van der Waals surface area (Å²) in [5.74, 6) is -0.178. The van der Waals surface area contributed by atoms with E-state index in [0.29, 0.717) is 17.9 Å². The van der Waals surface area contributed by atoms with Crippen LogP contribution in [0.25, 0.3) is 0 Å². The van der Waals surface area contributed by atoms with Crippen molar-refractivity contribution in [3.63, 3.8) is 0 Å². The van der Waals surface area contributed by atoms with Gasteiger partial charge in [0, 0.05) is 14.7 Å². The Balaban J connectivity index is 1.65. The lowest BCUT2D eigenvalue weighted by atomic mass is 10.1. The standard InChI is InChI=1S/C22H16F3IN2O2/c23-22(24,25)18-6-3-5-16(12-18)21(29)28-27-13-17-4-1-2-7-20(17)30-14-15-8-10-19(26)11-9-15/h1-13H,14H2,(H,28,29)/b27-13-. The number of nitrogens with zero attached hydrogens (tertiary/aromatic N) is 1. The molecule has 154 valence electrons. The fraction of sp³-hybridized carbons (Fsp3) is 0.0909. The van der Waals surface area contributed by atoms with Gasteiger partial charge in [-0.2, -0.15) is 18.3 Å². The smallest absolute Gasteiger partial charge is 0.416 e. The molecule has 1 N–H and O–H groups in total. The topological polar surface area (TPSA) is 50.7 Å². The van der Waals surface area contributed by atoms with Gasteiger partial charge in [0.1, 0.15) is 12.4 Å². The fourth-order valence-electron chi connectivity index (χ4n) is 2.52. The molecule has 0 saturated heterocycles. The Morgan fingerprint density at radius 2 is 1.77 bits per heavy atom. The van der Waals surface area contributed by atoms with E-state index in [9.17, 15) is 18.0 Å². The molecule has 0 aliphatic heterocycles. The first-order chi connectivity index (χ1) is 14.3. The summed E-state index contributed by atoms with van der Waals surface area (Å²) in [6.07, 6.45) is -3.14. The van der Waals surface area contributed by atoms with Crippen LogP contribution in [0.2, 0.25) is 0 Å². The second kappa shape index (κ2) is 9.75. The number of halogens is 4. The van der Waals surface area contributed by atoms with Gasteiger partial charge in [-0.1, -0.05) is 30.3 Å². The summed E-state index contributed by atoms with van der Waals surface area (Å²) in [6, 6.07) is 19.2. The fourth-order valence-corrected chi connectivity index (χ4v) is 2.88. The van der Waals surface area contributed by atoms with Gasteiger partial charge >= 0.3 is 6.18 Å². The van der Waals surface area contributed by atoms with Crippen LogP contribution in [0.15, 0.2) is 77.9 Å². The number of alkyl halides is 3. The molecule has 0 fully saturated rings. The zero-order valence-corrected chi connectivity index (χ0v) is 17.6. The molecule has 8 heteroatoms. The van der Waals surface area contributed by atoms with E-state index in [1.807, 2.05) is 30.3 Å². The molecule has 30 heavy (non-hydrogen) atoms. The number of carbonyl (C=O) groups excluding carboxylic acids is 1. The lowest BCUT2D eigenvalue weighted by Gasteiger charge is -2.09. The summed E-state index contributed by atoms with van der Waals surface area (Å²) < 4.78 is 45.3. The molecule has 0 radical (unpaired) electrons. The molecule has 0 heterocycles. The quantitative estimate of drug-likeness (QED) is 0.258. The van der Waals surface area contributed by atoms with Crippen LogP contribution < -0.4 is 10.2 Å². The molecule has 3 aromatic rings. The third kappa shape index (κ3) is 6.06. The summed E-state index contributed by atoms with van der Waals surface area (Å²) in [5, 5.41) is 3.85. The van der Waals surface area contributed by atoms with E-state index >= 15 is 0 Å². The van der Waals surface area contributed by atoms with Crippen molar-refractivity contribution in [3.8, 4) is 5.75 Å². The zero-order valence-electron chi connectivity index (χ0n) is 15.5. The van der Waals surface area contributed by atoms with E-state index in [1.165, 1.54) is 18.3 Å². The Kier molecular flexibility index (Phi) is 7.09. The summed E-state index contributed by atoms with van der Waals surface area (Å²) >= 11 is 2.22. The second-order valence-corrected chi connectivity index (χ2v) is 7.48. The van der Waals surface area contributed by atoms with Crippen LogP contribution in [0.1, 0.15) is 27.0 Å². The highest BCUT2D eigenvalue weighted by molar-refractivity contribution is 14.1. The van der Waals surface area contributed by atoms with E-state index < -0.39 is 17.6 Å². The zero-order chi connectivity index (χ0) is 21.6. The third-order valence-electron chi connectivity index (χ3n) is 4.05. The number of benzene rings is 3. The molecule has 0 aliphatic rings. The second-order valence-electron chi connectivity index (χ2n) is 6.23. The van der Waals surface area contributed by atoms with Crippen molar-refractivity contribution < 1.29 is 22.7 Å². The summed E-state index contributed by atoms with van der Waals surface area (Å²) in [5.41, 5.74) is 2.83. The van der Waals surface area contributed by atoms with Crippen LogP contribution in [0.5, 0.6) is 5.75 Å². The van der Waals surface area contributed by atoms with Crippen LogP contribution >= 0.6 is 22.6 Å². The first kappa shape index (κ1) is 21.8. The Bertz CT molecular complexity index is 1050. The molecule has 0 unspecified atom stereocenters. The van der Waals surface area contributed by atoms with E-state index in [4.69, 9.17) is 4.74 Å². The summed E-state index contributed by atoms with van der Waals surface area (Å²) in [4.78, 5) is 12.1. The van der Waals surface area contributed by atoms with Gasteiger partial charge in [-0.3, -0.25) is 4.79 Å². The molecule has 4 nitrogen and oxygen atoms in total. The lowest BCUT2D eigenvalue weighted by molar-refractivity contribution is -0.137. The van der Waals surface area contributed by atoms with E-state index in [2.05, 4.69) is 33.1 Å². The molecule has 0 aromatic heterocycles. The Hall–Kier alpha value is -2.88. The average molecular weight is 524 g/mol. The van der Waals surface area contributed by atoms with Gasteiger partial charge in [0.05, 0.1) is 11.8 Å². The van der Waals surface area contributed by atoms with Gasteiger partial charge in [-0.25, -0.2) is 5.43 Å².